The topological polar surface area (TPSA) is 85.8 Å². The Morgan fingerprint density at radius 1 is 1.20 bits per heavy atom. The van der Waals surface area contributed by atoms with Gasteiger partial charge in [0, 0.05) is 69.8 Å². The number of piperazine rings is 1. The molecule has 10 heteroatoms. The highest BCUT2D eigenvalue weighted by Gasteiger charge is 2.22. The van der Waals surface area contributed by atoms with Crippen molar-refractivity contribution < 1.29 is 4.79 Å². The van der Waals surface area contributed by atoms with Gasteiger partial charge < -0.3 is 20.4 Å². The van der Waals surface area contributed by atoms with Crippen LogP contribution in [0.5, 0.6) is 0 Å². The lowest BCUT2D eigenvalue weighted by molar-refractivity contribution is 0.0955. The van der Waals surface area contributed by atoms with Gasteiger partial charge in [0.1, 0.15) is 5.82 Å². The number of aryl methyl sites for hydroxylation is 1. The third kappa shape index (κ3) is 6.27. The Kier molecular flexibility index (Phi) is 9.76. The smallest absolute Gasteiger partial charge is 0.251 e. The number of benzene rings is 1. The number of amides is 1. The normalized spacial score (nSPS) is 14.3. The van der Waals surface area contributed by atoms with Gasteiger partial charge in [0.25, 0.3) is 5.91 Å². The third-order valence-electron chi connectivity index (χ3n) is 4.81. The van der Waals surface area contributed by atoms with E-state index < -0.39 is 0 Å². The summed E-state index contributed by atoms with van der Waals surface area (Å²) in [5.41, 5.74) is 1.73. The number of aromatic nitrogens is 2. The summed E-state index contributed by atoms with van der Waals surface area (Å²) >= 11 is 1.48. The zero-order valence-corrected chi connectivity index (χ0v) is 20.9. The van der Waals surface area contributed by atoms with Crippen molar-refractivity contribution in [2.75, 3.05) is 44.7 Å². The number of rotatable bonds is 6. The van der Waals surface area contributed by atoms with Gasteiger partial charge in [0.2, 0.25) is 5.13 Å². The Balaban J connectivity index is 0.00000320. The van der Waals surface area contributed by atoms with E-state index in [0.717, 1.165) is 55.1 Å². The van der Waals surface area contributed by atoms with Gasteiger partial charge in [-0.25, -0.2) is 4.98 Å². The van der Waals surface area contributed by atoms with Gasteiger partial charge in [0.05, 0.1) is 0 Å². The highest BCUT2D eigenvalue weighted by molar-refractivity contribution is 14.0. The largest absolute Gasteiger partial charge is 0.352 e. The minimum absolute atomic E-state index is 0. The van der Waals surface area contributed by atoms with E-state index in [0.29, 0.717) is 18.7 Å². The van der Waals surface area contributed by atoms with Crippen molar-refractivity contribution in [1.82, 2.24) is 24.9 Å². The molecule has 8 nitrogen and oxygen atoms in total. The fourth-order valence-electron chi connectivity index (χ4n) is 3.22. The Labute approximate surface area is 199 Å². The van der Waals surface area contributed by atoms with E-state index in [4.69, 9.17) is 0 Å². The lowest BCUT2D eigenvalue weighted by atomic mass is 10.1. The molecule has 2 heterocycles. The Bertz CT molecular complexity index is 849. The highest BCUT2D eigenvalue weighted by atomic mass is 127. The van der Waals surface area contributed by atoms with E-state index in [-0.39, 0.29) is 29.9 Å². The second kappa shape index (κ2) is 12.0. The molecule has 0 saturated carbocycles. The molecule has 1 saturated heterocycles. The van der Waals surface area contributed by atoms with E-state index in [1.54, 1.807) is 7.05 Å². The average molecular weight is 543 g/mol. The molecule has 0 atom stereocenters. The molecule has 164 valence electrons. The zero-order valence-electron chi connectivity index (χ0n) is 17.7. The minimum atomic E-state index is -0.0437. The van der Waals surface area contributed by atoms with Crippen molar-refractivity contribution in [3.8, 4) is 0 Å². The first-order valence-electron chi connectivity index (χ1n) is 10.0. The molecule has 0 spiro atoms. The summed E-state index contributed by atoms with van der Waals surface area (Å²) in [5.74, 6) is 1.75. The number of hydrogen-bond donors (Lipinski definition) is 2. The number of aliphatic imine (C=N–C) groups is 1. The molecule has 0 aliphatic carbocycles. The summed E-state index contributed by atoms with van der Waals surface area (Å²) in [4.78, 5) is 25.6. The summed E-state index contributed by atoms with van der Waals surface area (Å²) in [5, 5.41) is 7.26. The maximum atomic E-state index is 12.0. The van der Waals surface area contributed by atoms with E-state index in [1.807, 2.05) is 31.2 Å². The molecule has 0 radical (unpaired) electrons. The van der Waals surface area contributed by atoms with Crippen molar-refractivity contribution in [3.05, 3.63) is 41.2 Å². The van der Waals surface area contributed by atoms with Crippen LogP contribution in [0.2, 0.25) is 0 Å². The van der Waals surface area contributed by atoms with Crippen LogP contribution in [0.4, 0.5) is 5.13 Å². The van der Waals surface area contributed by atoms with Gasteiger partial charge in [-0.1, -0.05) is 19.1 Å². The molecule has 1 amide bonds. The molecule has 1 fully saturated rings. The number of hydrogen-bond acceptors (Lipinski definition) is 6. The number of carbonyl (C=O) groups is 1. The molecule has 2 aromatic rings. The van der Waals surface area contributed by atoms with E-state index in [2.05, 4.69) is 41.7 Å². The Morgan fingerprint density at radius 3 is 2.60 bits per heavy atom. The van der Waals surface area contributed by atoms with Crippen LogP contribution >= 0.6 is 35.5 Å². The maximum absolute atomic E-state index is 12.0. The predicted molar refractivity (Wildman–Crippen MR) is 133 cm³/mol. The van der Waals surface area contributed by atoms with E-state index in [1.165, 1.54) is 11.5 Å². The number of nitrogens with one attached hydrogen (secondary N) is 2. The number of guanidine groups is 1. The van der Waals surface area contributed by atoms with Crippen LogP contribution in [0.1, 0.15) is 35.6 Å². The first-order chi connectivity index (χ1) is 14.1. The molecule has 1 aromatic heterocycles. The molecule has 30 heavy (non-hydrogen) atoms. The summed E-state index contributed by atoms with van der Waals surface area (Å²) in [6, 6.07) is 7.68. The van der Waals surface area contributed by atoms with Crippen LogP contribution in [0.3, 0.4) is 0 Å². The molecule has 0 bridgehead atoms. The second-order valence-electron chi connectivity index (χ2n) is 6.78. The summed E-state index contributed by atoms with van der Waals surface area (Å²) in [7, 11) is 1.80. The first-order valence-corrected chi connectivity index (χ1v) is 10.8. The van der Waals surface area contributed by atoms with Crippen LogP contribution in [-0.2, 0) is 13.0 Å². The van der Waals surface area contributed by atoms with Crippen LogP contribution in [0.15, 0.2) is 29.3 Å². The molecular weight excluding hydrogens is 513 g/mol. The summed E-state index contributed by atoms with van der Waals surface area (Å²) in [6.07, 6.45) is 0.869. The fraction of sp³-hybridized carbons (Fsp3) is 0.500. The lowest BCUT2D eigenvalue weighted by Crippen LogP contribution is -2.52. The SMILES string of the molecule is CCNC(=O)c1cccc(CNC(=NC)N2CCN(c3nc(CC)ns3)CC2)c1.I. The van der Waals surface area contributed by atoms with Crippen LogP contribution in [0, 0.1) is 0 Å². The maximum Gasteiger partial charge on any atom is 0.251 e. The van der Waals surface area contributed by atoms with Crippen LogP contribution in [0.25, 0.3) is 0 Å². The van der Waals surface area contributed by atoms with E-state index in [9.17, 15) is 4.79 Å². The van der Waals surface area contributed by atoms with Crippen molar-refractivity contribution in [3.63, 3.8) is 0 Å². The van der Waals surface area contributed by atoms with Crippen molar-refractivity contribution in [1.29, 1.82) is 0 Å². The molecule has 1 aliphatic heterocycles. The molecule has 1 aliphatic rings. The van der Waals surface area contributed by atoms with Crippen molar-refractivity contribution in [2.45, 2.75) is 26.8 Å². The summed E-state index contributed by atoms with van der Waals surface area (Å²) < 4.78 is 4.38. The van der Waals surface area contributed by atoms with Gasteiger partial charge in [-0.15, -0.1) is 24.0 Å². The second-order valence-corrected chi connectivity index (χ2v) is 7.51. The van der Waals surface area contributed by atoms with Gasteiger partial charge >= 0.3 is 0 Å². The fourth-order valence-corrected chi connectivity index (χ4v) is 4.03. The van der Waals surface area contributed by atoms with Crippen LogP contribution in [-0.4, -0.2) is 65.9 Å². The standard InChI is InChI=1S/C20H29N7OS.HI/c1-4-17-24-20(29-25-17)27-11-9-26(10-12-27)19(21-3)23-14-15-7-6-8-16(13-15)18(28)22-5-2;/h6-8,13H,4-5,9-12,14H2,1-3H3,(H,21,23)(H,22,28);1H. The van der Waals surface area contributed by atoms with Gasteiger partial charge in [-0.2, -0.15) is 4.37 Å². The Morgan fingerprint density at radius 2 is 1.97 bits per heavy atom. The average Bonchev–Trinajstić information content (AvgIpc) is 3.24. The minimum Gasteiger partial charge on any atom is -0.352 e. The highest BCUT2D eigenvalue weighted by Crippen LogP contribution is 2.19. The summed E-state index contributed by atoms with van der Waals surface area (Å²) in [6.45, 7) is 8.77. The number of halogens is 1. The zero-order chi connectivity index (χ0) is 20.6. The van der Waals surface area contributed by atoms with Gasteiger partial charge in [-0.05, 0) is 24.6 Å². The van der Waals surface area contributed by atoms with Gasteiger partial charge in [-0.3, -0.25) is 9.79 Å². The lowest BCUT2D eigenvalue weighted by Gasteiger charge is -2.36. The Hall–Kier alpha value is -1.95. The van der Waals surface area contributed by atoms with E-state index >= 15 is 0 Å². The molecule has 2 N–H and O–H groups in total. The molecule has 1 aromatic carbocycles. The number of nitrogens with zero attached hydrogens (tertiary/aromatic N) is 5. The monoisotopic (exact) mass is 543 g/mol. The molecular formula is C20H30IN7OS. The number of anilines is 1. The van der Waals surface area contributed by atoms with Crippen molar-refractivity contribution in [2.24, 2.45) is 4.99 Å². The first kappa shape index (κ1) is 24.3. The predicted octanol–water partition coefficient (Wildman–Crippen LogP) is 2.37. The molecule has 3 rings (SSSR count). The third-order valence-corrected chi connectivity index (χ3v) is 5.63. The quantitative estimate of drug-likeness (QED) is 0.331. The number of carbonyl (C=O) groups excluding carboxylic acids is 1. The van der Waals surface area contributed by atoms with Crippen LogP contribution < -0.4 is 15.5 Å². The van der Waals surface area contributed by atoms with Gasteiger partial charge in [0.15, 0.2) is 5.96 Å². The van der Waals surface area contributed by atoms with Crippen molar-refractivity contribution >= 4 is 52.5 Å². The molecule has 0 unspecified atom stereocenters.